The Kier molecular flexibility index (Phi) is 4.49. The summed E-state index contributed by atoms with van der Waals surface area (Å²) in [5.41, 5.74) is 6.77. The second-order valence-corrected chi connectivity index (χ2v) is 9.53. The molecule has 2 fully saturated rings. The fraction of sp³-hybridized carbons (Fsp3) is 0.667. The molecule has 27 heavy (non-hydrogen) atoms. The molecule has 0 aromatic carbocycles. The zero-order valence-electron chi connectivity index (χ0n) is 16.1. The Balaban J connectivity index is 1.59. The molecule has 1 aromatic rings. The smallest absolute Gasteiger partial charge is 0.261 e. The van der Waals surface area contributed by atoms with E-state index in [1.54, 1.807) is 0 Å². The van der Waals surface area contributed by atoms with Gasteiger partial charge in [-0.3, -0.25) is 14.4 Å². The average Bonchev–Trinajstić information content (AvgIpc) is 2.53. The first-order chi connectivity index (χ1) is 12.7. The average molecular weight is 371 g/mol. The van der Waals surface area contributed by atoms with Crippen molar-refractivity contribution in [2.75, 3.05) is 0 Å². The van der Waals surface area contributed by atoms with Crippen LogP contribution in [0, 0.1) is 17.3 Å². The molecule has 2 bridgehead atoms. The van der Waals surface area contributed by atoms with Gasteiger partial charge >= 0.3 is 0 Å². The first-order valence-corrected chi connectivity index (χ1v) is 10.1. The van der Waals surface area contributed by atoms with Crippen molar-refractivity contribution in [3.8, 4) is 0 Å². The molecular weight excluding hydrogens is 342 g/mol. The lowest BCUT2D eigenvalue weighted by atomic mass is 9.67. The molecular formula is C21H29N3O3. The Morgan fingerprint density at radius 3 is 2.52 bits per heavy atom. The third-order valence-electron chi connectivity index (χ3n) is 6.64. The van der Waals surface area contributed by atoms with Crippen molar-refractivity contribution in [1.29, 1.82) is 0 Å². The van der Waals surface area contributed by atoms with E-state index in [1.165, 1.54) is 12.5 Å². The Labute approximate surface area is 159 Å². The zero-order valence-corrected chi connectivity index (χ0v) is 16.1. The molecule has 1 amide bonds. The molecule has 0 spiro atoms. The fourth-order valence-corrected chi connectivity index (χ4v) is 5.45. The highest BCUT2D eigenvalue weighted by Gasteiger charge is 2.40. The second kappa shape index (κ2) is 6.59. The van der Waals surface area contributed by atoms with Crippen molar-refractivity contribution in [2.45, 2.75) is 70.9 Å². The van der Waals surface area contributed by atoms with E-state index in [4.69, 9.17) is 5.73 Å². The number of amides is 1. The van der Waals surface area contributed by atoms with E-state index < -0.39 is 5.56 Å². The van der Waals surface area contributed by atoms with Crippen LogP contribution in [0.5, 0.6) is 0 Å². The summed E-state index contributed by atoms with van der Waals surface area (Å²) in [6.45, 7) is 4.03. The second-order valence-electron chi connectivity index (χ2n) is 9.53. The quantitative estimate of drug-likeness (QED) is 0.741. The minimum absolute atomic E-state index is 0.00735. The number of nitrogens with two attached hydrogens (primary N) is 1. The van der Waals surface area contributed by atoms with Gasteiger partial charge in [0.15, 0.2) is 5.78 Å². The minimum atomic E-state index is -0.408. The number of Topliss-reactive ketones (excluding diaryl/α,β-unsaturated/α-hetero) is 1. The lowest BCUT2D eigenvalue weighted by molar-refractivity contribution is 0.0754. The van der Waals surface area contributed by atoms with E-state index in [1.807, 2.05) is 13.8 Å². The molecule has 146 valence electrons. The standard InChI is InChI=1S/C21H29N3O3/c1-21(2)9-16-14(17(25)10-21)8-15(19(26)23-16)20(27)24-18-11-4-3-5-12(18)7-13(22)6-11/h8,11-13,18H,3-7,9-10,22H2,1-2H3,(H,23,26)(H,24,27). The lowest BCUT2D eigenvalue weighted by Crippen LogP contribution is -2.54. The molecule has 0 saturated heterocycles. The zero-order chi connectivity index (χ0) is 19.3. The van der Waals surface area contributed by atoms with E-state index in [-0.39, 0.29) is 34.8 Å². The van der Waals surface area contributed by atoms with Gasteiger partial charge in [-0.25, -0.2) is 0 Å². The summed E-state index contributed by atoms with van der Waals surface area (Å²) in [7, 11) is 0. The SMILES string of the molecule is CC1(C)CC(=O)c2cc(C(=O)NC3C4CCCC3CC(N)C4)c(=O)[nH]c2C1. The highest BCUT2D eigenvalue weighted by molar-refractivity contribution is 6.02. The van der Waals surface area contributed by atoms with Crippen LogP contribution in [-0.4, -0.2) is 28.8 Å². The van der Waals surface area contributed by atoms with Gasteiger partial charge in [-0.05, 0) is 55.4 Å². The largest absolute Gasteiger partial charge is 0.349 e. The van der Waals surface area contributed by atoms with E-state index in [9.17, 15) is 14.4 Å². The number of hydrogen-bond donors (Lipinski definition) is 3. The van der Waals surface area contributed by atoms with E-state index in [0.717, 1.165) is 25.7 Å². The van der Waals surface area contributed by atoms with Crippen molar-refractivity contribution >= 4 is 11.7 Å². The van der Waals surface area contributed by atoms with Crippen molar-refractivity contribution in [3.05, 3.63) is 33.2 Å². The van der Waals surface area contributed by atoms with E-state index in [0.29, 0.717) is 35.9 Å². The number of H-pyrrole nitrogens is 1. The highest BCUT2D eigenvalue weighted by Crippen LogP contribution is 2.40. The molecule has 3 aliphatic rings. The minimum Gasteiger partial charge on any atom is -0.349 e. The van der Waals surface area contributed by atoms with Crippen molar-refractivity contribution < 1.29 is 9.59 Å². The number of nitrogens with one attached hydrogen (secondary N) is 2. The number of carbonyl (C=O) groups is 2. The molecule has 2 atom stereocenters. The van der Waals surface area contributed by atoms with Gasteiger partial charge in [0, 0.05) is 29.8 Å². The van der Waals surface area contributed by atoms with E-state index >= 15 is 0 Å². The van der Waals surface area contributed by atoms with Gasteiger partial charge in [0.05, 0.1) is 0 Å². The number of rotatable bonds is 2. The molecule has 2 saturated carbocycles. The fourth-order valence-electron chi connectivity index (χ4n) is 5.45. The number of fused-ring (bicyclic) bond motifs is 3. The highest BCUT2D eigenvalue weighted by atomic mass is 16.2. The summed E-state index contributed by atoms with van der Waals surface area (Å²) in [6, 6.07) is 1.79. The maximum absolute atomic E-state index is 12.9. The van der Waals surface area contributed by atoms with Gasteiger partial charge in [-0.15, -0.1) is 0 Å². The maximum Gasteiger partial charge on any atom is 0.261 e. The predicted octanol–water partition coefficient (Wildman–Crippen LogP) is 2.17. The summed E-state index contributed by atoms with van der Waals surface area (Å²) in [5, 5.41) is 3.11. The first-order valence-electron chi connectivity index (χ1n) is 10.1. The van der Waals surface area contributed by atoms with Gasteiger partial charge < -0.3 is 16.0 Å². The Bertz CT molecular complexity index is 828. The van der Waals surface area contributed by atoms with E-state index in [2.05, 4.69) is 10.3 Å². The molecule has 4 N–H and O–H groups in total. The summed E-state index contributed by atoms with van der Waals surface area (Å²) < 4.78 is 0. The van der Waals surface area contributed by atoms with Crippen LogP contribution in [0.4, 0.5) is 0 Å². The number of pyridine rings is 1. The molecule has 0 radical (unpaired) electrons. The summed E-state index contributed by atoms with van der Waals surface area (Å²) in [6.07, 6.45) is 6.24. The Hall–Kier alpha value is -1.95. The van der Waals surface area contributed by atoms with Crippen LogP contribution < -0.4 is 16.6 Å². The number of ketones is 1. The van der Waals surface area contributed by atoms with Crippen LogP contribution in [0.1, 0.15) is 78.8 Å². The van der Waals surface area contributed by atoms with Gasteiger partial charge in [-0.2, -0.15) is 0 Å². The summed E-state index contributed by atoms with van der Waals surface area (Å²) >= 11 is 0. The van der Waals surface area contributed by atoms with Crippen LogP contribution in [0.25, 0.3) is 0 Å². The predicted molar refractivity (Wildman–Crippen MR) is 103 cm³/mol. The Morgan fingerprint density at radius 2 is 1.85 bits per heavy atom. The van der Waals surface area contributed by atoms with Crippen LogP contribution >= 0.6 is 0 Å². The van der Waals surface area contributed by atoms with Crippen molar-refractivity contribution in [1.82, 2.24) is 10.3 Å². The van der Waals surface area contributed by atoms with Crippen molar-refractivity contribution in [3.63, 3.8) is 0 Å². The Morgan fingerprint density at radius 1 is 1.19 bits per heavy atom. The number of aromatic nitrogens is 1. The molecule has 6 nitrogen and oxygen atoms in total. The normalized spacial score (nSPS) is 31.9. The molecule has 0 aliphatic heterocycles. The molecule has 3 aliphatic carbocycles. The van der Waals surface area contributed by atoms with Gasteiger partial charge in [0.1, 0.15) is 5.56 Å². The molecule has 1 heterocycles. The molecule has 2 unspecified atom stereocenters. The first kappa shape index (κ1) is 18.4. The monoisotopic (exact) mass is 371 g/mol. The molecule has 6 heteroatoms. The number of carbonyl (C=O) groups excluding carboxylic acids is 2. The van der Waals surface area contributed by atoms with Gasteiger partial charge in [0.2, 0.25) is 0 Å². The van der Waals surface area contributed by atoms with Crippen LogP contribution in [0.2, 0.25) is 0 Å². The van der Waals surface area contributed by atoms with Crippen LogP contribution in [0.15, 0.2) is 10.9 Å². The number of aromatic amines is 1. The van der Waals surface area contributed by atoms with Crippen LogP contribution in [-0.2, 0) is 6.42 Å². The topological polar surface area (TPSA) is 105 Å². The molecule has 1 aromatic heterocycles. The van der Waals surface area contributed by atoms with Crippen LogP contribution in [0.3, 0.4) is 0 Å². The number of hydrogen-bond acceptors (Lipinski definition) is 4. The lowest BCUT2D eigenvalue weighted by Gasteiger charge is -2.45. The third kappa shape index (κ3) is 3.47. The van der Waals surface area contributed by atoms with Crippen molar-refractivity contribution in [2.24, 2.45) is 23.0 Å². The molecule has 4 rings (SSSR count). The maximum atomic E-state index is 12.9. The summed E-state index contributed by atoms with van der Waals surface area (Å²) in [4.78, 5) is 40.7. The van der Waals surface area contributed by atoms with Gasteiger partial charge in [-0.1, -0.05) is 20.3 Å². The van der Waals surface area contributed by atoms with Gasteiger partial charge in [0.25, 0.3) is 11.5 Å². The summed E-state index contributed by atoms with van der Waals surface area (Å²) in [5.74, 6) is 0.396. The third-order valence-corrected chi connectivity index (χ3v) is 6.64.